The Kier molecular flexibility index (Phi) is 10.6. The maximum absolute atomic E-state index is 14.2. The van der Waals surface area contributed by atoms with E-state index in [4.69, 9.17) is 4.74 Å². The second-order valence-electron chi connectivity index (χ2n) is 11.0. The lowest BCUT2D eigenvalue weighted by atomic mass is 9.97. The number of benzene rings is 3. The number of nitrogens with one attached hydrogen (secondary N) is 2. The van der Waals surface area contributed by atoms with Crippen molar-refractivity contribution in [2.24, 2.45) is 0 Å². The average molecular weight is 555 g/mol. The van der Waals surface area contributed by atoms with Gasteiger partial charge < -0.3 is 20.3 Å². The molecule has 2 unspecified atom stereocenters. The van der Waals surface area contributed by atoms with Crippen LogP contribution in [0.4, 0.5) is 4.79 Å². The second-order valence-corrected chi connectivity index (χ2v) is 11.0. The molecule has 3 amide bonds. The van der Waals surface area contributed by atoms with E-state index >= 15 is 0 Å². The number of aryl methyl sites for hydroxylation is 2. The average Bonchev–Trinajstić information content (AvgIpc) is 2.93. The molecule has 3 aromatic carbocycles. The highest BCUT2D eigenvalue weighted by Gasteiger charge is 2.36. The molecule has 0 aromatic heterocycles. The number of nitriles is 1. The van der Waals surface area contributed by atoms with Crippen molar-refractivity contribution < 1.29 is 19.1 Å². The monoisotopic (exact) mass is 554 g/mol. The largest absolute Gasteiger partial charge is 0.444 e. The number of rotatable bonds is 10. The third-order valence-electron chi connectivity index (χ3n) is 6.51. The molecular formula is C33H38N4O4. The van der Waals surface area contributed by atoms with Crippen LogP contribution in [0.15, 0.2) is 78.9 Å². The predicted molar refractivity (Wildman–Crippen MR) is 158 cm³/mol. The molecule has 3 rings (SSSR count). The van der Waals surface area contributed by atoms with E-state index in [9.17, 15) is 19.6 Å². The summed E-state index contributed by atoms with van der Waals surface area (Å²) >= 11 is 0. The molecule has 8 heteroatoms. The summed E-state index contributed by atoms with van der Waals surface area (Å²) in [5, 5.41) is 15.4. The lowest BCUT2D eigenvalue weighted by molar-refractivity contribution is -0.141. The van der Waals surface area contributed by atoms with Gasteiger partial charge in [0.2, 0.25) is 11.8 Å². The van der Waals surface area contributed by atoms with Gasteiger partial charge >= 0.3 is 6.09 Å². The van der Waals surface area contributed by atoms with Crippen molar-refractivity contribution in [3.63, 3.8) is 0 Å². The second kappa shape index (κ2) is 14.1. The van der Waals surface area contributed by atoms with E-state index in [1.165, 1.54) is 4.90 Å². The Morgan fingerprint density at radius 2 is 1.51 bits per heavy atom. The first-order chi connectivity index (χ1) is 19.5. The number of carbonyl (C=O) groups excluding carboxylic acids is 3. The number of hydrogen-bond donors (Lipinski definition) is 2. The van der Waals surface area contributed by atoms with Gasteiger partial charge in [-0.25, -0.2) is 4.79 Å². The number of amides is 3. The summed E-state index contributed by atoms with van der Waals surface area (Å²) in [6, 6.07) is 24.0. The summed E-state index contributed by atoms with van der Waals surface area (Å²) in [6.07, 6.45) is -0.619. The number of ether oxygens (including phenoxy) is 1. The normalized spacial score (nSPS) is 12.4. The number of nitrogens with zero attached hydrogens (tertiary/aromatic N) is 2. The molecule has 0 aliphatic carbocycles. The van der Waals surface area contributed by atoms with Crippen molar-refractivity contribution in [1.82, 2.24) is 15.5 Å². The van der Waals surface area contributed by atoms with E-state index in [0.717, 1.165) is 22.3 Å². The van der Waals surface area contributed by atoms with Crippen LogP contribution in [-0.4, -0.2) is 41.0 Å². The fourth-order valence-electron chi connectivity index (χ4n) is 4.36. The van der Waals surface area contributed by atoms with E-state index in [1.807, 2.05) is 92.7 Å². The highest BCUT2D eigenvalue weighted by molar-refractivity contribution is 5.92. The Morgan fingerprint density at radius 1 is 0.902 bits per heavy atom. The van der Waals surface area contributed by atoms with E-state index in [2.05, 4.69) is 10.6 Å². The first-order valence-corrected chi connectivity index (χ1v) is 13.6. The minimum Gasteiger partial charge on any atom is -0.444 e. The van der Waals surface area contributed by atoms with Gasteiger partial charge in [0.05, 0.1) is 6.07 Å². The summed E-state index contributed by atoms with van der Waals surface area (Å²) in [7, 11) is 0. The molecule has 0 heterocycles. The molecule has 2 atom stereocenters. The predicted octanol–water partition coefficient (Wildman–Crippen LogP) is 5.15. The first-order valence-electron chi connectivity index (χ1n) is 13.6. The standard InChI is InChI=1S/C33H38N4O4/c1-23-16-17-27(20-24(23)2)29(30(38)35-22-26-14-10-7-11-15-26)37(19-18-34)31(39)28(21-25-12-8-6-9-13-25)36-32(40)41-33(3,4)5/h6-17,20,28-29H,19,21-22H2,1-5H3,(H,35,38)(H,36,40). The van der Waals surface area contributed by atoms with Crippen molar-refractivity contribution >= 4 is 17.9 Å². The molecule has 0 aliphatic rings. The smallest absolute Gasteiger partial charge is 0.408 e. The zero-order valence-electron chi connectivity index (χ0n) is 24.3. The number of alkyl carbamates (subject to hydrolysis) is 1. The van der Waals surface area contributed by atoms with Gasteiger partial charge in [0.15, 0.2) is 0 Å². The summed E-state index contributed by atoms with van der Waals surface area (Å²) in [5.74, 6) is -1.00. The molecule has 0 spiro atoms. The zero-order valence-corrected chi connectivity index (χ0v) is 24.3. The maximum atomic E-state index is 14.2. The zero-order chi connectivity index (χ0) is 30.0. The van der Waals surface area contributed by atoms with Crippen LogP contribution in [-0.2, 0) is 27.3 Å². The third-order valence-corrected chi connectivity index (χ3v) is 6.51. The lowest BCUT2D eigenvalue weighted by Gasteiger charge is -2.33. The van der Waals surface area contributed by atoms with Crippen LogP contribution < -0.4 is 10.6 Å². The van der Waals surface area contributed by atoms with E-state index in [-0.39, 0.29) is 19.5 Å². The fraction of sp³-hybridized carbons (Fsp3) is 0.333. The van der Waals surface area contributed by atoms with Crippen LogP contribution in [0.5, 0.6) is 0 Å². The summed E-state index contributed by atoms with van der Waals surface area (Å²) in [5.41, 5.74) is 3.46. The molecule has 8 nitrogen and oxygen atoms in total. The molecule has 0 saturated carbocycles. The summed E-state index contributed by atoms with van der Waals surface area (Å²) in [4.78, 5) is 42.0. The van der Waals surface area contributed by atoms with E-state index in [1.54, 1.807) is 26.8 Å². The van der Waals surface area contributed by atoms with E-state index < -0.39 is 35.6 Å². The molecule has 2 N–H and O–H groups in total. The van der Waals surface area contributed by atoms with Crippen molar-refractivity contribution in [3.8, 4) is 6.07 Å². The Balaban J connectivity index is 2.01. The Labute approximate surface area is 242 Å². The minimum absolute atomic E-state index is 0.145. The van der Waals surface area contributed by atoms with Crippen LogP contribution in [0.3, 0.4) is 0 Å². The Bertz CT molecular complexity index is 1380. The van der Waals surface area contributed by atoms with Crippen molar-refractivity contribution in [1.29, 1.82) is 5.26 Å². The lowest BCUT2D eigenvalue weighted by Crippen LogP contribution is -2.53. The van der Waals surface area contributed by atoms with Gasteiger partial charge in [-0.1, -0.05) is 78.9 Å². The van der Waals surface area contributed by atoms with Crippen LogP contribution in [0.1, 0.15) is 54.6 Å². The summed E-state index contributed by atoms with van der Waals surface area (Å²) in [6.45, 7) is 8.97. The van der Waals surface area contributed by atoms with Gasteiger partial charge in [0, 0.05) is 13.0 Å². The molecular weight excluding hydrogens is 516 g/mol. The topological polar surface area (TPSA) is 112 Å². The van der Waals surface area contributed by atoms with Gasteiger partial charge in [-0.3, -0.25) is 9.59 Å². The maximum Gasteiger partial charge on any atom is 0.408 e. The Hall–Kier alpha value is -4.64. The molecule has 41 heavy (non-hydrogen) atoms. The molecule has 0 aliphatic heterocycles. The summed E-state index contributed by atoms with van der Waals surface area (Å²) < 4.78 is 5.44. The van der Waals surface area contributed by atoms with Crippen molar-refractivity contribution in [2.75, 3.05) is 6.54 Å². The number of carbonyl (C=O) groups is 3. The van der Waals surface area contributed by atoms with Crippen LogP contribution in [0.2, 0.25) is 0 Å². The number of hydrogen-bond acceptors (Lipinski definition) is 5. The molecule has 0 fully saturated rings. The Morgan fingerprint density at radius 3 is 2.07 bits per heavy atom. The van der Waals surface area contributed by atoms with Crippen LogP contribution >= 0.6 is 0 Å². The van der Waals surface area contributed by atoms with Gasteiger partial charge in [0.1, 0.15) is 24.2 Å². The minimum atomic E-state index is -1.11. The molecule has 0 bridgehead atoms. The molecule has 0 saturated heterocycles. The van der Waals surface area contributed by atoms with Gasteiger partial charge in [-0.2, -0.15) is 5.26 Å². The van der Waals surface area contributed by atoms with Gasteiger partial charge in [-0.15, -0.1) is 0 Å². The highest BCUT2D eigenvalue weighted by atomic mass is 16.6. The molecule has 214 valence electrons. The van der Waals surface area contributed by atoms with Crippen molar-refractivity contribution in [3.05, 3.63) is 107 Å². The highest BCUT2D eigenvalue weighted by Crippen LogP contribution is 2.25. The molecule has 0 radical (unpaired) electrons. The fourth-order valence-corrected chi connectivity index (χ4v) is 4.36. The quantitative estimate of drug-likeness (QED) is 0.337. The third kappa shape index (κ3) is 9.21. The van der Waals surface area contributed by atoms with Crippen LogP contribution in [0, 0.1) is 25.2 Å². The van der Waals surface area contributed by atoms with Gasteiger partial charge in [-0.05, 0) is 62.4 Å². The van der Waals surface area contributed by atoms with Gasteiger partial charge in [0.25, 0.3) is 0 Å². The van der Waals surface area contributed by atoms with Crippen LogP contribution in [0.25, 0.3) is 0 Å². The first kappa shape index (κ1) is 30.9. The van der Waals surface area contributed by atoms with Crippen molar-refractivity contribution in [2.45, 2.75) is 65.3 Å². The van der Waals surface area contributed by atoms with E-state index in [0.29, 0.717) is 5.56 Å². The SMILES string of the molecule is Cc1ccc(C(C(=O)NCc2ccccc2)N(CC#N)C(=O)C(Cc2ccccc2)NC(=O)OC(C)(C)C)cc1C. The molecule has 3 aromatic rings.